The van der Waals surface area contributed by atoms with Crippen molar-refractivity contribution in [2.75, 3.05) is 32.7 Å². The van der Waals surface area contributed by atoms with Crippen LogP contribution in [0.1, 0.15) is 50.5 Å². The van der Waals surface area contributed by atoms with Crippen molar-refractivity contribution in [3.8, 4) is 0 Å². The monoisotopic (exact) mass is 361 g/mol. The van der Waals surface area contributed by atoms with Gasteiger partial charge in [0.25, 0.3) is 0 Å². The van der Waals surface area contributed by atoms with Gasteiger partial charge in [0, 0.05) is 45.3 Å². The maximum absolute atomic E-state index is 12.2. The molecule has 1 aromatic heterocycles. The Morgan fingerprint density at radius 3 is 2.81 bits per heavy atom. The normalized spacial score (nSPS) is 24.5. The second kappa shape index (κ2) is 8.77. The number of amides is 2. The van der Waals surface area contributed by atoms with Crippen LogP contribution in [-0.2, 0) is 13.0 Å². The second-order valence-corrected chi connectivity index (χ2v) is 7.52. The van der Waals surface area contributed by atoms with Gasteiger partial charge in [0.15, 0.2) is 0 Å². The zero-order valence-corrected chi connectivity index (χ0v) is 15.8. The van der Waals surface area contributed by atoms with Gasteiger partial charge in [0.05, 0.1) is 11.3 Å². The number of carbonyl (C=O) groups excluding carboxylic acids is 1. The largest absolute Gasteiger partial charge is 0.388 e. The summed E-state index contributed by atoms with van der Waals surface area (Å²) in [6.45, 7) is 6.58. The van der Waals surface area contributed by atoms with E-state index in [1.807, 2.05) is 17.2 Å². The van der Waals surface area contributed by atoms with E-state index < -0.39 is 5.60 Å². The molecule has 2 amide bonds. The molecular formula is C19H31N5O2. The van der Waals surface area contributed by atoms with Gasteiger partial charge < -0.3 is 15.3 Å². The number of likely N-dealkylation sites (tertiary alicyclic amines) is 2. The van der Waals surface area contributed by atoms with E-state index in [-0.39, 0.29) is 6.03 Å². The Balaban J connectivity index is 1.49. The highest BCUT2D eigenvalue weighted by atomic mass is 16.3. The number of aliphatic hydroxyl groups is 1. The molecule has 3 rings (SSSR count). The van der Waals surface area contributed by atoms with Crippen LogP contribution in [0, 0.1) is 0 Å². The first-order valence-electron chi connectivity index (χ1n) is 9.86. The molecule has 1 unspecified atom stereocenters. The second-order valence-electron chi connectivity index (χ2n) is 7.52. The van der Waals surface area contributed by atoms with E-state index in [1.165, 1.54) is 0 Å². The molecule has 26 heavy (non-hydrogen) atoms. The fourth-order valence-corrected chi connectivity index (χ4v) is 3.77. The summed E-state index contributed by atoms with van der Waals surface area (Å²) in [5, 5.41) is 13.9. The minimum absolute atomic E-state index is 0.0369. The van der Waals surface area contributed by atoms with Gasteiger partial charge in [-0.1, -0.05) is 6.92 Å². The Hall–Kier alpha value is -1.73. The number of hydrogen-bond donors (Lipinski definition) is 2. The average Bonchev–Trinajstić information content (AvgIpc) is 3.13. The molecule has 1 atom stereocenters. The van der Waals surface area contributed by atoms with Crippen LogP contribution in [0.15, 0.2) is 12.3 Å². The molecule has 0 radical (unpaired) electrons. The lowest BCUT2D eigenvalue weighted by Gasteiger charge is -2.28. The Morgan fingerprint density at radius 1 is 1.23 bits per heavy atom. The molecule has 7 heteroatoms. The summed E-state index contributed by atoms with van der Waals surface area (Å²) in [4.78, 5) is 25.2. The molecule has 0 saturated carbocycles. The van der Waals surface area contributed by atoms with E-state index in [0.717, 1.165) is 69.9 Å². The summed E-state index contributed by atoms with van der Waals surface area (Å²) in [7, 11) is 0. The van der Waals surface area contributed by atoms with Crippen molar-refractivity contribution in [1.82, 2.24) is 25.1 Å². The lowest BCUT2D eigenvalue weighted by molar-refractivity contribution is 0.0268. The summed E-state index contributed by atoms with van der Waals surface area (Å²) >= 11 is 0. The number of aromatic nitrogens is 2. The smallest absolute Gasteiger partial charge is 0.317 e. The van der Waals surface area contributed by atoms with Gasteiger partial charge in [0.1, 0.15) is 5.82 Å². The van der Waals surface area contributed by atoms with Crippen LogP contribution >= 0.6 is 0 Å². The molecule has 144 valence electrons. The maximum atomic E-state index is 12.2. The summed E-state index contributed by atoms with van der Waals surface area (Å²) < 4.78 is 0. The molecule has 2 aliphatic heterocycles. The fourth-order valence-electron chi connectivity index (χ4n) is 3.77. The van der Waals surface area contributed by atoms with E-state index in [1.54, 1.807) is 0 Å². The number of rotatable bonds is 5. The fraction of sp³-hybridized carbons (Fsp3) is 0.737. The van der Waals surface area contributed by atoms with Crippen LogP contribution in [0.4, 0.5) is 4.79 Å². The predicted molar refractivity (Wildman–Crippen MR) is 99.7 cm³/mol. The van der Waals surface area contributed by atoms with Crippen LogP contribution < -0.4 is 5.32 Å². The molecule has 0 aliphatic carbocycles. The number of nitrogens with zero attached hydrogens (tertiary/aromatic N) is 4. The Morgan fingerprint density at radius 2 is 2.04 bits per heavy atom. The summed E-state index contributed by atoms with van der Waals surface area (Å²) in [6, 6.07) is 1.93. The molecule has 0 spiro atoms. The average molecular weight is 361 g/mol. The van der Waals surface area contributed by atoms with Crippen molar-refractivity contribution in [1.29, 1.82) is 0 Å². The lowest BCUT2D eigenvalue weighted by atomic mass is 9.95. The predicted octanol–water partition coefficient (Wildman–Crippen LogP) is 1.56. The van der Waals surface area contributed by atoms with Gasteiger partial charge in [-0.15, -0.1) is 0 Å². The van der Waals surface area contributed by atoms with Crippen molar-refractivity contribution in [2.24, 2.45) is 0 Å². The van der Waals surface area contributed by atoms with Gasteiger partial charge >= 0.3 is 6.03 Å². The van der Waals surface area contributed by atoms with Crippen molar-refractivity contribution in [3.63, 3.8) is 0 Å². The number of nitrogens with one attached hydrogen (secondary N) is 1. The topological polar surface area (TPSA) is 81.6 Å². The standard InChI is InChI=1S/C19H31N5O2/c1-2-17-20-9-6-16(22-17)14-23-10-5-7-19(26,8-13-23)15-21-18(25)24-11-3-4-12-24/h6,9,26H,2-5,7-8,10-15H2,1H3,(H,21,25). The third-order valence-electron chi connectivity index (χ3n) is 5.44. The molecule has 2 saturated heterocycles. The maximum Gasteiger partial charge on any atom is 0.317 e. The van der Waals surface area contributed by atoms with Gasteiger partial charge in [-0.3, -0.25) is 4.90 Å². The summed E-state index contributed by atoms with van der Waals surface area (Å²) in [5.74, 6) is 0.874. The highest BCUT2D eigenvalue weighted by Gasteiger charge is 2.31. The first-order chi connectivity index (χ1) is 12.6. The number of carbonyl (C=O) groups is 1. The molecule has 3 heterocycles. The Bertz CT molecular complexity index is 605. The molecular weight excluding hydrogens is 330 g/mol. The highest BCUT2D eigenvalue weighted by Crippen LogP contribution is 2.23. The van der Waals surface area contributed by atoms with Gasteiger partial charge in [-0.05, 0) is 44.7 Å². The van der Waals surface area contributed by atoms with E-state index in [4.69, 9.17) is 0 Å². The third kappa shape index (κ3) is 5.14. The van der Waals surface area contributed by atoms with E-state index in [0.29, 0.717) is 19.4 Å². The molecule has 0 bridgehead atoms. The Labute approximate surface area is 155 Å². The third-order valence-corrected chi connectivity index (χ3v) is 5.44. The number of urea groups is 1. The molecule has 2 N–H and O–H groups in total. The SMILES string of the molecule is CCc1nccc(CN2CCCC(O)(CNC(=O)N3CCCC3)CC2)n1. The van der Waals surface area contributed by atoms with Crippen LogP contribution in [0.5, 0.6) is 0 Å². The van der Waals surface area contributed by atoms with E-state index >= 15 is 0 Å². The zero-order valence-electron chi connectivity index (χ0n) is 15.8. The molecule has 2 fully saturated rings. The minimum Gasteiger partial charge on any atom is -0.388 e. The lowest BCUT2D eigenvalue weighted by Crippen LogP contribution is -2.47. The van der Waals surface area contributed by atoms with E-state index in [9.17, 15) is 9.90 Å². The van der Waals surface area contributed by atoms with Crippen molar-refractivity contribution >= 4 is 6.03 Å². The van der Waals surface area contributed by atoms with Crippen LogP contribution in [0.3, 0.4) is 0 Å². The van der Waals surface area contributed by atoms with Crippen molar-refractivity contribution < 1.29 is 9.90 Å². The summed E-state index contributed by atoms with van der Waals surface area (Å²) in [6.07, 6.45) is 7.12. The highest BCUT2D eigenvalue weighted by molar-refractivity contribution is 5.74. The van der Waals surface area contributed by atoms with Crippen molar-refractivity contribution in [3.05, 3.63) is 23.8 Å². The van der Waals surface area contributed by atoms with Crippen LogP contribution in [0.25, 0.3) is 0 Å². The van der Waals surface area contributed by atoms with E-state index in [2.05, 4.69) is 27.1 Å². The molecule has 0 aromatic carbocycles. The first kappa shape index (κ1) is 19.0. The number of aryl methyl sites for hydroxylation is 1. The zero-order chi connectivity index (χ0) is 18.4. The first-order valence-corrected chi connectivity index (χ1v) is 9.86. The quantitative estimate of drug-likeness (QED) is 0.832. The summed E-state index contributed by atoms with van der Waals surface area (Å²) in [5.41, 5.74) is 0.217. The van der Waals surface area contributed by atoms with Crippen molar-refractivity contribution in [2.45, 2.75) is 57.6 Å². The Kier molecular flexibility index (Phi) is 6.43. The minimum atomic E-state index is -0.815. The van der Waals surface area contributed by atoms with Crippen LogP contribution in [-0.4, -0.2) is 69.2 Å². The number of hydrogen-bond acceptors (Lipinski definition) is 5. The molecule has 1 aromatic rings. The van der Waals surface area contributed by atoms with Gasteiger partial charge in [-0.2, -0.15) is 0 Å². The van der Waals surface area contributed by atoms with Crippen LogP contribution in [0.2, 0.25) is 0 Å². The van der Waals surface area contributed by atoms with Gasteiger partial charge in [-0.25, -0.2) is 14.8 Å². The molecule has 7 nitrogen and oxygen atoms in total. The molecule has 2 aliphatic rings. The van der Waals surface area contributed by atoms with Gasteiger partial charge in [0.2, 0.25) is 0 Å².